The minimum atomic E-state index is -0.959. The highest BCUT2D eigenvalue weighted by atomic mass is 16.5. The molecule has 118 valence electrons. The van der Waals surface area contributed by atoms with Crippen LogP contribution >= 0.6 is 0 Å². The first-order valence-corrected chi connectivity index (χ1v) is 7.39. The van der Waals surface area contributed by atoms with Gasteiger partial charge < -0.3 is 19.5 Å². The van der Waals surface area contributed by atoms with Gasteiger partial charge in [-0.25, -0.2) is 9.78 Å². The van der Waals surface area contributed by atoms with E-state index in [4.69, 9.17) is 9.47 Å². The van der Waals surface area contributed by atoms with E-state index in [9.17, 15) is 14.7 Å². The first-order valence-electron chi connectivity index (χ1n) is 7.39. The number of nitrogens with zero attached hydrogens (tertiary/aromatic N) is 2. The number of hydrogen-bond acceptors (Lipinski definition) is 5. The van der Waals surface area contributed by atoms with Crippen LogP contribution in [0.25, 0.3) is 0 Å². The number of carbonyl (C=O) groups excluding carboxylic acids is 1. The predicted molar refractivity (Wildman–Crippen MR) is 75.8 cm³/mol. The molecule has 1 aromatic heterocycles. The molecule has 0 saturated carbocycles. The second-order valence-electron chi connectivity index (χ2n) is 5.48. The van der Waals surface area contributed by atoms with E-state index in [1.165, 1.54) is 11.1 Å². The standard InChI is InChI=1S/C15H18N2O5/c18-14(17-6-1-2-12(17)15(19)20)10-3-5-16-13(8-10)22-11-4-7-21-9-11/h3,5,8,11-12H,1-2,4,6-7,9H2,(H,19,20)/t11?,12-/m1/s1. The number of carboxylic acids is 1. The van der Waals surface area contributed by atoms with Gasteiger partial charge in [0.2, 0.25) is 5.88 Å². The Morgan fingerprint density at radius 2 is 2.27 bits per heavy atom. The van der Waals surface area contributed by atoms with Crippen molar-refractivity contribution in [3.05, 3.63) is 23.9 Å². The lowest BCUT2D eigenvalue weighted by Gasteiger charge is -2.21. The lowest BCUT2D eigenvalue weighted by atomic mass is 10.2. The monoisotopic (exact) mass is 306 g/mol. The van der Waals surface area contributed by atoms with Crippen molar-refractivity contribution >= 4 is 11.9 Å². The summed E-state index contributed by atoms with van der Waals surface area (Å²) in [6.07, 6.45) is 3.46. The smallest absolute Gasteiger partial charge is 0.326 e. The normalized spacial score (nSPS) is 24.5. The Morgan fingerprint density at radius 3 is 3.00 bits per heavy atom. The van der Waals surface area contributed by atoms with Crippen LogP contribution in [0.2, 0.25) is 0 Å². The number of amides is 1. The number of ether oxygens (including phenoxy) is 2. The summed E-state index contributed by atoms with van der Waals surface area (Å²) < 4.78 is 10.9. The van der Waals surface area contributed by atoms with Gasteiger partial charge in [-0.05, 0) is 18.9 Å². The second kappa shape index (κ2) is 6.31. The molecule has 2 aliphatic heterocycles. The first kappa shape index (κ1) is 14.8. The quantitative estimate of drug-likeness (QED) is 0.890. The molecule has 0 spiro atoms. The lowest BCUT2D eigenvalue weighted by Crippen LogP contribution is -2.40. The molecule has 0 aliphatic carbocycles. The van der Waals surface area contributed by atoms with E-state index in [2.05, 4.69) is 4.98 Å². The summed E-state index contributed by atoms with van der Waals surface area (Å²) in [5.74, 6) is -0.883. The summed E-state index contributed by atoms with van der Waals surface area (Å²) in [4.78, 5) is 29.2. The van der Waals surface area contributed by atoms with Gasteiger partial charge in [0.15, 0.2) is 0 Å². The zero-order valence-electron chi connectivity index (χ0n) is 12.1. The molecule has 2 atom stereocenters. The number of carboxylic acid groups (broad SMARTS) is 1. The maximum atomic E-state index is 12.5. The van der Waals surface area contributed by atoms with Gasteiger partial charge >= 0.3 is 5.97 Å². The molecule has 0 radical (unpaired) electrons. The number of pyridine rings is 1. The maximum Gasteiger partial charge on any atom is 0.326 e. The van der Waals surface area contributed by atoms with Crippen molar-refractivity contribution in [3.8, 4) is 5.88 Å². The molecule has 3 heterocycles. The van der Waals surface area contributed by atoms with Gasteiger partial charge in [-0.1, -0.05) is 0 Å². The van der Waals surface area contributed by atoms with Crippen molar-refractivity contribution < 1.29 is 24.2 Å². The zero-order valence-corrected chi connectivity index (χ0v) is 12.1. The molecule has 22 heavy (non-hydrogen) atoms. The Hall–Kier alpha value is -2.15. The zero-order chi connectivity index (χ0) is 15.5. The molecule has 2 aliphatic rings. The van der Waals surface area contributed by atoms with Crippen LogP contribution in [0.5, 0.6) is 5.88 Å². The van der Waals surface area contributed by atoms with Gasteiger partial charge in [0.1, 0.15) is 12.1 Å². The van der Waals surface area contributed by atoms with Gasteiger partial charge in [-0.3, -0.25) is 4.79 Å². The highest BCUT2D eigenvalue weighted by Crippen LogP contribution is 2.22. The van der Waals surface area contributed by atoms with E-state index in [0.29, 0.717) is 44.0 Å². The van der Waals surface area contributed by atoms with Gasteiger partial charge in [0, 0.05) is 30.8 Å². The highest BCUT2D eigenvalue weighted by molar-refractivity contribution is 5.97. The summed E-state index contributed by atoms with van der Waals surface area (Å²) in [7, 11) is 0. The topological polar surface area (TPSA) is 89.0 Å². The predicted octanol–water partition coefficient (Wildman–Crippen LogP) is 0.938. The Morgan fingerprint density at radius 1 is 1.41 bits per heavy atom. The second-order valence-corrected chi connectivity index (χ2v) is 5.48. The van der Waals surface area contributed by atoms with Crippen LogP contribution in [0.1, 0.15) is 29.6 Å². The van der Waals surface area contributed by atoms with Crippen molar-refractivity contribution in [2.45, 2.75) is 31.4 Å². The number of likely N-dealkylation sites (tertiary alicyclic amines) is 1. The highest BCUT2D eigenvalue weighted by Gasteiger charge is 2.34. The Bertz CT molecular complexity index is 571. The fourth-order valence-corrected chi connectivity index (χ4v) is 2.82. The van der Waals surface area contributed by atoms with Crippen molar-refractivity contribution in [1.82, 2.24) is 9.88 Å². The average molecular weight is 306 g/mol. The van der Waals surface area contributed by atoms with Crippen LogP contribution in [-0.2, 0) is 9.53 Å². The van der Waals surface area contributed by atoms with E-state index in [1.807, 2.05) is 0 Å². The molecule has 1 aromatic rings. The third-order valence-electron chi connectivity index (χ3n) is 3.96. The van der Waals surface area contributed by atoms with Crippen LogP contribution in [-0.4, -0.2) is 58.8 Å². The Kier molecular flexibility index (Phi) is 4.24. The van der Waals surface area contributed by atoms with E-state index in [0.717, 1.165) is 6.42 Å². The molecule has 7 nitrogen and oxygen atoms in total. The van der Waals surface area contributed by atoms with E-state index in [-0.39, 0.29) is 12.0 Å². The fraction of sp³-hybridized carbons (Fsp3) is 0.533. The maximum absolute atomic E-state index is 12.5. The van der Waals surface area contributed by atoms with Crippen LogP contribution in [0.15, 0.2) is 18.3 Å². The summed E-state index contributed by atoms with van der Waals surface area (Å²) >= 11 is 0. The molecular weight excluding hydrogens is 288 g/mol. The van der Waals surface area contributed by atoms with Crippen molar-refractivity contribution in [3.63, 3.8) is 0 Å². The number of rotatable bonds is 4. The summed E-state index contributed by atoms with van der Waals surface area (Å²) in [6.45, 7) is 1.65. The molecule has 1 unspecified atom stereocenters. The minimum absolute atomic E-state index is 0.0450. The lowest BCUT2D eigenvalue weighted by molar-refractivity contribution is -0.141. The third kappa shape index (κ3) is 3.04. The summed E-state index contributed by atoms with van der Waals surface area (Å²) in [5, 5.41) is 9.18. The molecule has 3 rings (SSSR count). The largest absolute Gasteiger partial charge is 0.480 e. The van der Waals surface area contributed by atoms with Gasteiger partial charge in [0.05, 0.1) is 13.2 Å². The molecule has 0 bridgehead atoms. The molecule has 1 amide bonds. The molecule has 2 saturated heterocycles. The van der Waals surface area contributed by atoms with Crippen molar-refractivity contribution in [1.29, 1.82) is 0 Å². The molecule has 0 aromatic carbocycles. The third-order valence-corrected chi connectivity index (χ3v) is 3.96. The fourth-order valence-electron chi connectivity index (χ4n) is 2.82. The number of aromatic nitrogens is 1. The van der Waals surface area contributed by atoms with Gasteiger partial charge in [-0.2, -0.15) is 0 Å². The molecule has 1 N–H and O–H groups in total. The van der Waals surface area contributed by atoms with Gasteiger partial charge in [-0.15, -0.1) is 0 Å². The Balaban J connectivity index is 1.73. The SMILES string of the molecule is O=C(O)[C@H]1CCCN1C(=O)c1ccnc(OC2CCOC2)c1. The van der Waals surface area contributed by atoms with Crippen LogP contribution in [0.4, 0.5) is 0 Å². The number of carbonyl (C=O) groups is 2. The van der Waals surface area contributed by atoms with Crippen LogP contribution in [0.3, 0.4) is 0 Å². The average Bonchev–Trinajstić information content (AvgIpc) is 3.17. The number of aliphatic carboxylic acids is 1. The minimum Gasteiger partial charge on any atom is -0.480 e. The summed E-state index contributed by atoms with van der Waals surface area (Å²) in [6, 6.07) is 2.41. The van der Waals surface area contributed by atoms with Crippen LogP contribution in [0, 0.1) is 0 Å². The van der Waals surface area contributed by atoms with E-state index in [1.54, 1.807) is 12.1 Å². The van der Waals surface area contributed by atoms with E-state index >= 15 is 0 Å². The van der Waals surface area contributed by atoms with Gasteiger partial charge in [0.25, 0.3) is 5.91 Å². The van der Waals surface area contributed by atoms with Crippen molar-refractivity contribution in [2.75, 3.05) is 19.8 Å². The molecular formula is C15H18N2O5. The number of hydrogen-bond donors (Lipinski definition) is 1. The Labute approximate surface area is 127 Å². The van der Waals surface area contributed by atoms with Crippen molar-refractivity contribution in [2.24, 2.45) is 0 Å². The molecule has 7 heteroatoms. The molecule has 2 fully saturated rings. The summed E-state index contributed by atoms with van der Waals surface area (Å²) in [5.41, 5.74) is 0.400. The van der Waals surface area contributed by atoms with Crippen LogP contribution < -0.4 is 4.74 Å². The first-order chi connectivity index (χ1) is 10.6. The van der Waals surface area contributed by atoms with E-state index < -0.39 is 12.0 Å².